The Morgan fingerprint density at radius 2 is 2.11 bits per heavy atom. The summed E-state index contributed by atoms with van der Waals surface area (Å²) < 4.78 is 4.76. The summed E-state index contributed by atoms with van der Waals surface area (Å²) >= 11 is 6.02. The lowest BCUT2D eigenvalue weighted by atomic mass is 10.1. The summed E-state index contributed by atoms with van der Waals surface area (Å²) in [6.45, 7) is -0.785. The van der Waals surface area contributed by atoms with Gasteiger partial charge in [0.1, 0.15) is 13.2 Å². The number of carboxylic acids is 1. The predicted molar refractivity (Wildman–Crippen MR) is 66.1 cm³/mol. The number of H-pyrrole nitrogens is 1. The van der Waals surface area contributed by atoms with Crippen LogP contribution < -0.4 is 0 Å². The summed E-state index contributed by atoms with van der Waals surface area (Å²) in [5.74, 6) is -1.42. The third kappa shape index (κ3) is 2.52. The van der Waals surface area contributed by atoms with Crippen LogP contribution in [0, 0.1) is 0 Å². The van der Waals surface area contributed by atoms with Gasteiger partial charge in [-0.05, 0) is 12.1 Å². The Labute approximate surface area is 107 Å². The number of hydrogen-bond donors (Lipinski definition) is 2. The number of ketones is 1. The Kier molecular flexibility index (Phi) is 3.64. The van der Waals surface area contributed by atoms with Crippen LogP contribution in [0.5, 0.6) is 0 Å². The Bertz CT molecular complexity index is 605. The second kappa shape index (κ2) is 5.20. The Hall–Kier alpha value is -1.85. The molecular formula is C12H10ClNO4. The number of rotatable bonds is 5. The summed E-state index contributed by atoms with van der Waals surface area (Å²) in [4.78, 5) is 25.1. The van der Waals surface area contributed by atoms with E-state index in [1.54, 1.807) is 24.4 Å². The lowest BCUT2D eigenvalue weighted by molar-refractivity contribution is -0.141. The van der Waals surface area contributed by atoms with Crippen molar-refractivity contribution in [2.45, 2.75) is 0 Å². The zero-order valence-corrected chi connectivity index (χ0v) is 10.0. The van der Waals surface area contributed by atoms with E-state index in [9.17, 15) is 9.59 Å². The van der Waals surface area contributed by atoms with E-state index < -0.39 is 12.6 Å². The molecule has 1 heterocycles. The van der Waals surface area contributed by atoms with E-state index in [2.05, 4.69) is 4.98 Å². The van der Waals surface area contributed by atoms with Crippen LogP contribution in [0.25, 0.3) is 10.9 Å². The highest BCUT2D eigenvalue weighted by Crippen LogP contribution is 2.26. The number of nitrogens with one attached hydrogen (secondary N) is 1. The second-order valence-electron chi connectivity index (χ2n) is 3.67. The lowest BCUT2D eigenvalue weighted by Gasteiger charge is -2.01. The minimum Gasteiger partial charge on any atom is -0.480 e. The molecule has 0 atom stereocenters. The molecule has 0 aliphatic rings. The van der Waals surface area contributed by atoms with Gasteiger partial charge in [0.05, 0.1) is 5.02 Å². The topological polar surface area (TPSA) is 79.4 Å². The van der Waals surface area contributed by atoms with E-state index in [0.29, 0.717) is 16.0 Å². The highest BCUT2D eigenvalue weighted by atomic mass is 35.5. The van der Waals surface area contributed by atoms with Crippen molar-refractivity contribution in [3.63, 3.8) is 0 Å². The largest absolute Gasteiger partial charge is 0.480 e. The van der Waals surface area contributed by atoms with Gasteiger partial charge in [0.25, 0.3) is 0 Å². The number of ether oxygens (including phenoxy) is 1. The van der Waals surface area contributed by atoms with Crippen molar-refractivity contribution in [3.8, 4) is 0 Å². The van der Waals surface area contributed by atoms with E-state index in [0.717, 1.165) is 5.52 Å². The van der Waals surface area contributed by atoms with Crippen LogP contribution in [0.15, 0.2) is 24.4 Å². The molecule has 0 saturated heterocycles. The number of aromatic nitrogens is 1. The first-order valence-electron chi connectivity index (χ1n) is 5.18. The molecule has 0 aliphatic carbocycles. The van der Waals surface area contributed by atoms with Crippen molar-refractivity contribution in [1.82, 2.24) is 4.98 Å². The van der Waals surface area contributed by atoms with Gasteiger partial charge >= 0.3 is 5.97 Å². The van der Waals surface area contributed by atoms with Gasteiger partial charge in [-0.15, -0.1) is 0 Å². The van der Waals surface area contributed by atoms with Crippen LogP contribution >= 0.6 is 11.6 Å². The normalized spacial score (nSPS) is 10.7. The van der Waals surface area contributed by atoms with Crippen LogP contribution in [-0.2, 0) is 9.53 Å². The molecule has 0 saturated carbocycles. The van der Waals surface area contributed by atoms with E-state index in [1.165, 1.54) is 0 Å². The molecule has 6 heteroatoms. The molecule has 1 aromatic carbocycles. The minimum atomic E-state index is -1.11. The molecule has 18 heavy (non-hydrogen) atoms. The molecule has 0 fully saturated rings. The molecule has 2 rings (SSSR count). The number of aromatic amines is 1. The number of Topliss-reactive ketones (excluding diaryl/α,β-unsaturated/α-hetero) is 1. The molecule has 5 nitrogen and oxygen atoms in total. The highest BCUT2D eigenvalue weighted by Gasteiger charge is 2.14. The number of carbonyl (C=O) groups is 2. The molecule has 0 radical (unpaired) electrons. The minimum absolute atomic E-state index is 0.287. The summed E-state index contributed by atoms with van der Waals surface area (Å²) in [6.07, 6.45) is 1.54. The summed E-state index contributed by atoms with van der Waals surface area (Å²) in [5, 5.41) is 9.50. The number of hydrogen-bond acceptors (Lipinski definition) is 3. The molecule has 94 valence electrons. The van der Waals surface area contributed by atoms with Crippen LogP contribution in [0.3, 0.4) is 0 Å². The fourth-order valence-electron chi connectivity index (χ4n) is 1.67. The van der Waals surface area contributed by atoms with E-state index in [-0.39, 0.29) is 12.4 Å². The number of halogens is 1. The molecule has 0 aliphatic heterocycles. The molecule has 1 aromatic heterocycles. The van der Waals surface area contributed by atoms with Gasteiger partial charge in [0.2, 0.25) is 0 Å². The smallest absolute Gasteiger partial charge is 0.329 e. The first-order chi connectivity index (χ1) is 8.59. The summed E-state index contributed by atoms with van der Waals surface area (Å²) in [5.41, 5.74) is 1.16. The van der Waals surface area contributed by atoms with E-state index in [4.69, 9.17) is 21.4 Å². The van der Waals surface area contributed by atoms with E-state index >= 15 is 0 Å². The van der Waals surface area contributed by atoms with Gasteiger partial charge in [-0.1, -0.05) is 17.7 Å². The number of benzene rings is 1. The standard InChI is InChI=1S/C12H10ClNO4/c13-8-2-1-3-9-12(8)7(4-14-9)10(15)5-18-6-11(16)17/h1-4,14H,5-6H2,(H,16,17). The summed E-state index contributed by atoms with van der Waals surface area (Å²) in [7, 11) is 0. The first-order valence-corrected chi connectivity index (χ1v) is 5.55. The number of carboxylic acid groups (broad SMARTS) is 1. The Balaban J connectivity index is 2.20. The quantitative estimate of drug-likeness (QED) is 0.813. The first kappa shape index (κ1) is 12.6. The average Bonchev–Trinajstić information content (AvgIpc) is 2.73. The number of aliphatic carboxylic acids is 1. The average molecular weight is 268 g/mol. The molecule has 0 spiro atoms. The van der Waals surface area contributed by atoms with Gasteiger partial charge in [0, 0.05) is 22.7 Å². The molecule has 2 N–H and O–H groups in total. The van der Waals surface area contributed by atoms with Gasteiger partial charge < -0.3 is 14.8 Å². The van der Waals surface area contributed by atoms with Crippen LogP contribution in [-0.4, -0.2) is 35.1 Å². The zero-order chi connectivity index (χ0) is 13.1. The van der Waals surface area contributed by atoms with Gasteiger partial charge in [0.15, 0.2) is 5.78 Å². The SMILES string of the molecule is O=C(O)COCC(=O)c1c[nH]c2cccc(Cl)c12. The lowest BCUT2D eigenvalue weighted by Crippen LogP contribution is -2.14. The fourth-order valence-corrected chi connectivity index (χ4v) is 1.95. The van der Waals surface area contributed by atoms with Crippen molar-refractivity contribution >= 4 is 34.3 Å². The van der Waals surface area contributed by atoms with Gasteiger partial charge in [-0.25, -0.2) is 4.79 Å². The van der Waals surface area contributed by atoms with Crippen LogP contribution in [0.2, 0.25) is 5.02 Å². The van der Waals surface area contributed by atoms with Crippen molar-refractivity contribution in [2.24, 2.45) is 0 Å². The monoisotopic (exact) mass is 267 g/mol. The van der Waals surface area contributed by atoms with Crippen molar-refractivity contribution in [1.29, 1.82) is 0 Å². The van der Waals surface area contributed by atoms with Crippen LogP contribution in [0.4, 0.5) is 0 Å². The van der Waals surface area contributed by atoms with Crippen molar-refractivity contribution in [2.75, 3.05) is 13.2 Å². The molecular weight excluding hydrogens is 258 g/mol. The maximum Gasteiger partial charge on any atom is 0.329 e. The van der Waals surface area contributed by atoms with E-state index in [1.807, 2.05) is 0 Å². The Morgan fingerprint density at radius 1 is 1.33 bits per heavy atom. The molecule has 2 aromatic rings. The number of carbonyl (C=O) groups excluding carboxylic acids is 1. The third-order valence-corrected chi connectivity index (χ3v) is 2.73. The van der Waals surface area contributed by atoms with Crippen molar-refractivity contribution in [3.05, 3.63) is 35.0 Å². The molecule has 0 bridgehead atoms. The van der Waals surface area contributed by atoms with Gasteiger partial charge in [-0.2, -0.15) is 0 Å². The molecule has 0 amide bonds. The number of fused-ring (bicyclic) bond motifs is 1. The maximum atomic E-state index is 11.9. The van der Waals surface area contributed by atoms with Crippen LogP contribution in [0.1, 0.15) is 10.4 Å². The Morgan fingerprint density at radius 3 is 2.83 bits per heavy atom. The predicted octanol–water partition coefficient (Wildman–Crippen LogP) is 2.11. The maximum absolute atomic E-state index is 11.9. The summed E-state index contributed by atoms with van der Waals surface area (Å²) in [6, 6.07) is 5.26. The fraction of sp³-hybridized carbons (Fsp3) is 0.167. The third-order valence-electron chi connectivity index (χ3n) is 2.41. The molecule has 0 unspecified atom stereocenters. The highest BCUT2D eigenvalue weighted by molar-refractivity contribution is 6.36. The second-order valence-corrected chi connectivity index (χ2v) is 4.08. The van der Waals surface area contributed by atoms with Gasteiger partial charge in [-0.3, -0.25) is 4.79 Å². The zero-order valence-electron chi connectivity index (χ0n) is 9.27. The van der Waals surface area contributed by atoms with Crippen molar-refractivity contribution < 1.29 is 19.4 Å².